The normalized spacial score (nSPS) is 29.1. The van der Waals surface area contributed by atoms with Crippen LogP contribution in [0.1, 0.15) is 25.0 Å². The highest BCUT2D eigenvalue weighted by Gasteiger charge is 2.34. The van der Waals surface area contributed by atoms with E-state index in [0.717, 1.165) is 29.9 Å². The predicted molar refractivity (Wildman–Crippen MR) is 77.7 cm³/mol. The molecule has 19 heavy (non-hydrogen) atoms. The zero-order chi connectivity index (χ0) is 13.2. The summed E-state index contributed by atoms with van der Waals surface area (Å²) >= 11 is 0. The van der Waals surface area contributed by atoms with E-state index in [1.54, 1.807) is 0 Å². The quantitative estimate of drug-likeness (QED) is 0.877. The number of hydrogen-bond donors (Lipinski definition) is 1. The molecule has 2 aliphatic heterocycles. The maximum absolute atomic E-state index is 5.99. The first-order valence-corrected chi connectivity index (χ1v) is 7.36. The third-order valence-electron chi connectivity index (χ3n) is 4.73. The molecule has 2 unspecified atom stereocenters. The van der Waals surface area contributed by atoms with E-state index in [1.807, 2.05) is 18.3 Å². The number of likely N-dealkylation sites (tertiary alicyclic amines) is 2. The smallest absolute Gasteiger partial charge is 0.0772 e. The van der Waals surface area contributed by atoms with E-state index in [0.29, 0.717) is 0 Å². The number of nitrogen functional groups attached to an aromatic ring is 1. The van der Waals surface area contributed by atoms with E-state index >= 15 is 0 Å². The Morgan fingerprint density at radius 1 is 1.37 bits per heavy atom. The van der Waals surface area contributed by atoms with Crippen LogP contribution in [-0.2, 0) is 6.54 Å². The number of fused-ring (bicyclic) bond motifs is 1. The highest BCUT2D eigenvalue weighted by atomic mass is 15.2. The van der Waals surface area contributed by atoms with Gasteiger partial charge in [0.25, 0.3) is 0 Å². The molecule has 2 saturated heterocycles. The zero-order valence-corrected chi connectivity index (χ0v) is 11.8. The summed E-state index contributed by atoms with van der Waals surface area (Å²) in [7, 11) is 2.28. The van der Waals surface area contributed by atoms with Crippen molar-refractivity contribution in [1.82, 2.24) is 14.8 Å². The van der Waals surface area contributed by atoms with Gasteiger partial charge in [0.15, 0.2) is 0 Å². The van der Waals surface area contributed by atoms with Crippen molar-refractivity contribution in [2.24, 2.45) is 5.92 Å². The number of piperidine rings is 2. The first-order chi connectivity index (χ1) is 9.24. The average Bonchev–Trinajstić information content (AvgIpc) is 2.42. The lowest BCUT2D eigenvalue weighted by atomic mass is 9.84. The van der Waals surface area contributed by atoms with Crippen LogP contribution >= 0.6 is 0 Å². The SMILES string of the molecule is CN1CCCC2CN(Cc3ncccc3N)CCC21. The van der Waals surface area contributed by atoms with Crippen molar-refractivity contribution < 1.29 is 0 Å². The van der Waals surface area contributed by atoms with Gasteiger partial charge in [-0.25, -0.2) is 0 Å². The number of aromatic nitrogens is 1. The molecule has 1 aromatic rings. The van der Waals surface area contributed by atoms with Gasteiger partial charge in [-0.3, -0.25) is 9.88 Å². The Labute approximate surface area is 115 Å². The van der Waals surface area contributed by atoms with Crippen molar-refractivity contribution in [3.63, 3.8) is 0 Å². The first kappa shape index (κ1) is 12.9. The minimum Gasteiger partial charge on any atom is -0.397 e. The summed E-state index contributed by atoms with van der Waals surface area (Å²) < 4.78 is 0. The van der Waals surface area contributed by atoms with E-state index in [1.165, 1.54) is 38.9 Å². The summed E-state index contributed by atoms with van der Waals surface area (Å²) in [6.07, 6.45) is 5.85. The van der Waals surface area contributed by atoms with Gasteiger partial charge >= 0.3 is 0 Å². The highest BCUT2D eigenvalue weighted by Crippen LogP contribution is 2.30. The van der Waals surface area contributed by atoms with Crippen LogP contribution in [0.15, 0.2) is 18.3 Å². The molecular weight excluding hydrogens is 236 g/mol. The van der Waals surface area contributed by atoms with Crippen molar-refractivity contribution in [1.29, 1.82) is 0 Å². The van der Waals surface area contributed by atoms with Gasteiger partial charge in [0, 0.05) is 31.9 Å². The average molecular weight is 260 g/mol. The molecule has 2 aliphatic rings. The van der Waals surface area contributed by atoms with Crippen LogP contribution in [0.5, 0.6) is 0 Å². The predicted octanol–water partition coefficient (Wildman–Crippen LogP) is 1.58. The lowest BCUT2D eigenvalue weighted by molar-refractivity contribution is 0.0351. The fraction of sp³-hybridized carbons (Fsp3) is 0.667. The van der Waals surface area contributed by atoms with Crippen molar-refractivity contribution in [2.45, 2.75) is 31.8 Å². The van der Waals surface area contributed by atoms with Gasteiger partial charge in [0.1, 0.15) is 0 Å². The molecule has 0 spiro atoms. The van der Waals surface area contributed by atoms with E-state index in [-0.39, 0.29) is 0 Å². The van der Waals surface area contributed by atoms with Gasteiger partial charge in [0.05, 0.1) is 11.4 Å². The van der Waals surface area contributed by atoms with Crippen LogP contribution in [0.3, 0.4) is 0 Å². The summed E-state index contributed by atoms with van der Waals surface area (Å²) in [6, 6.07) is 4.65. The number of pyridine rings is 1. The van der Waals surface area contributed by atoms with Crippen LogP contribution < -0.4 is 5.73 Å². The van der Waals surface area contributed by atoms with Crippen LogP contribution in [0.2, 0.25) is 0 Å². The summed E-state index contributed by atoms with van der Waals surface area (Å²) in [4.78, 5) is 9.50. The molecule has 0 amide bonds. The highest BCUT2D eigenvalue weighted by molar-refractivity contribution is 5.41. The lowest BCUT2D eigenvalue weighted by Crippen LogP contribution is -2.52. The topological polar surface area (TPSA) is 45.4 Å². The molecular formula is C15H24N4. The second-order valence-corrected chi connectivity index (χ2v) is 6.01. The van der Waals surface area contributed by atoms with Crippen LogP contribution in [0.4, 0.5) is 5.69 Å². The summed E-state index contributed by atoms with van der Waals surface area (Å²) in [6.45, 7) is 4.54. The second-order valence-electron chi connectivity index (χ2n) is 6.01. The van der Waals surface area contributed by atoms with Crippen LogP contribution in [-0.4, -0.2) is 47.5 Å². The van der Waals surface area contributed by atoms with E-state index in [9.17, 15) is 0 Å². The molecule has 3 rings (SSSR count). The van der Waals surface area contributed by atoms with Crippen molar-refractivity contribution in [3.8, 4) is 0 Å². The monoisotopic (exact) mass is 260 g/mol. The second kappa shape index (κ2) is 5.47. The van der Waals surface area contributed by atoms with Gasteiger partial charge < -0.3 is 10.6 Å². The molecule has 0 saturated carbocycles. The largest absolute Gasteiger partial charge is 0.397 e. The standard InChI is InChI=1S/C15H24N4/c1-18-8-3-4-12-10-19(9-6-15(12)18)11-14-13(16)5-2-7-17-14/h2,5,7,12,15H,3-4,6,8-11,16H2,1H3. The maximum atomic E-state index is 5.99. The summed E-state index contributed by atoms with van der Waals surface area (Å²) in [5.41, 5.74) is 7.85. The molecule has 104 valence electrons. The van der Waals surface area contributed by atoms with Gasteiger partial charge in [-0.05, 0) is 50.9 Å². The van der Waals surface area contributed by atoms with Crippen molar-refractivity contribution >= 4 is 5.69 Å². The van der Waals surface area contributed by atoms with Gasteiger partial charge in [-0.2, -0.15) is 0 Å². The number of rotatable bonds is 2. The third-order valence-corrected chi connectivity index (χ3v) is 4.73. The minimum atomic E-state index is 0.797. The Morgan fingerprint density at radius 3 is 3.11 bits per heavy atom. The van der Waals surface area contributed by atoms with E-state index in [4.69, 9.17) is 5.73 Å². The zero-order valence-electron chi connectivity index (χ0n) is 11.8. The lowest BCUT2D eigenvalue weighted by Gasteiger charge is -2.46. The molecule has 0 aromatic carbocycles. The molecule has 2 fully saturated rings. The van der Waals surface area contributed by atoms with Crippen molar-refractivity contribution in [3.05, 3.63) is 24.0 Å². The molecule has 3 heterocycles. The fourth-order valence-electron chi connectivity index (χ4n) is 3.67. The first-order valence-electron chi connectivity index (χ1n) is 7.36. The maximum Gasteiger partial charge on any atom is 0.0772 e. The Kier molecular flexibility index (Phi) is 3.71. The molecule has 0 radical (unpaired) electrons. The molecule has 1 aromatic heterocycles. The minimum absolute atomic E-state index is 0.797. The molecule has 2 N–H and O–H groups in total. The van der Waals surface area contributed by atoms with E-state index in [2.05, 4.69) is 21.8 Å². The fourth-order valence-corrected chi connectivity index (χ4v) is 3.67. The molecule has 0 aliphatic carbocycles. The van der Waals surface area contributed by atoms with Crippen molar-refractivity contribution in [2.75, 3.05) is 32.4 Å². The Morgan fingerprint density at radius 2 is 2.26 bits per heavy atom. The van der Waals surface area contributed by atoms with E-state index < -0.39 is 0 Å². The molecule has 4 nitrogen and oxygen atoms in total. The number of nitrogens with two attached hydrogens (primary N) is 1. The third kappa shape index (κ3) is 2.74. The molecule has 0 bridgehead atoms. The van der Waals surface area contributed by atoms with Crippen LogP contribution in [0, 0.1) is 5.92 Å². The number of hydrogen-bond acceptors (Lipinski definition) is 4. The molecule has 2 atom stereocenters. The Balaban J connectivity index is 1.64. The molecule has 4 heteroatoms. The van der Waals surface area contributed by atoms with Gasteiger partial charge in [-0.1, -0.05) is 0 Å². The number of nitrogens with zero attached hydrogens (tertiary/aromatic N) is 3. The Hall–Kier alpha value is -1.13. The summed E-state index contributed by atoms with van der Waals surface area (Å²) in [5.74, 6) is 0.831. The van der Waals surface area contributed by atoms with Crippen LogP contribution in [0.25, 0.3) is 0 Å². The number of anilines is 1. The van der Waals surface area contributed by atoms with Gasteiger partial charge in [0.2, 0.25) is 0 Å². The Bertz CT molecular complexity index is 434. The summed E-state index contributed by atoms with van der Waals surface area (Å²) in [5, 5.41) is 0. The van der Waals surface area contributed by atoms with Gasteiger partial charge in [-0.15, -0.1) is 0 Å².